The number of halogens is 1. The van der Waals surface area contributed by atoms with E-state index in [9.17, 15) is 15.2 Å². The van der Waals surface area contributed by atoms with Gasteiger partial charge in [-0.15, -0.1) is 0 Å². The van der Waals surface area contributed by atoms with Crippen molar-refractivity contribution in [3.8, 4) is 5.75 Å². The van der Waals surface area contributed by atoms with Crippen LogP contribution < -0.4 is 21.6 Å². The Morgan fingerprint density at radius 1 is 1.50 bits per heavy atom. The monoisotopic (exact) mass is 282 g/mol. The van der Waals surface area contributed by atoms with Gasteiger partial charge in [-0.05, 0) is 0 Å². The molecule has 6 heteroatoms. The van der Waals surface area contributed by atoms with Gasteiger partial charge in [0.15, 0.2) is 0 Å². The molecule has 0 bridgehead atoms. The van der Waals surface area contributed by atoms with Crippen molar-refractivity contribution in [1.29, 1.82) is 0 Å². The van der Waals surface area contributed by atoms with E-state index < -0.39 is 32.3 Å². The van der Waals surface area contributed by atoms with Crippen LogP contribution in [0.25, 0.3) is 0 Å². The number of phenols is 1. The normalized spacial score (nSPS) is 10.1. The zero-order valence-corrected chi connectivity index (χ0v) is 7.93. The Balaban J connectivity index is 3.23. The van der Waals surface area contributed by atoms with Gasteiger partial charge in [-0.3, -0.25) is 0 Å². The van der Waals surface area contributed by atoms with Crippen LogP contribution in [0.1, 0.15) is 0 Å². The second-order valence-electron chi connectivity index (χ2n) is 1.95. The third-order valence-electron chi connectivity index (χ3n) is 1.25. The van der Waals surface area contributed by atoms with Gasteiger partial charge in [0.2, 0.25) is 0 Å². The topological polar surface area (TPSA) is 83.6 Å². The van der Waals surface area contributed by atoms with Crippen LogP contribution in [-0.2, 0) is 0 Å². The number of rotatable bonds is 2. The Morgan fingerprint density at radius 2 is 2.17 bits per heavy atom. The molecule has 5 nitrogen and oxygen atoms in total. The summed E-state index contributed by atoms with van der Waals surface area (Å²) in [5, 5.41) is 19.5. The number of benzene rings is 1. The molecule has 0 amide bonds. The van der Waals surface area contributed by atoms with Crippen molar-refractivity contribution in [1.82, 2.24) is 0 Å². The second kappa shape index (κ2) is 3.68. The van der Waals surface area contributed by atoms with Gasteiger partial charge in [-0.2, -0.15) is 0 Å². The summed E-state index contributed by atoms with van der Waals surface area (Å²) >= 11 is -1.31. The molecule has 0 fully saturated rings. The summed E-state index contributed by atoms with van der Waals surface area (Å²) in [4.78, 5) is 9.58. The molecule has 0 atom stereocenters. The molecule has 0 aromatic heterocycles. The fourth-order valence-electron chi connectivity index (χ4n) is 0.719. The summed E-state index contributed by atoms with van der Waals surface area (Å²) in [5.41, 5.74) is -0.360. The van der Waals surface area contributed by atoms with Crippen LogP contribution in [0.15, 0.2) is 18.2 Å². The number of nitrogens with zero attached hydrogens (tertiary/aromatic N) is 1. The van der Waals surface area contributed by atoms with Gasteiger partial charge >= 0.3 is 78.4 Å². The summed E-state index contributed by atoms with van der Waals surface area (Å²) < 4.78 is 9.02. The van der Waals surface area contributed by atoms with Gasteiger partial charge in [0.05, 0.1) is 0 Å². The Morgan fingerprint density at radius 3 is 2.67 bits per heavy atom. The summed E-state index contributed by atoms with van der Waals surface area (Å²) in [6.45, 7) is 0. The van der Waals surface area contributed by atoms with Gasteiger partial charge in [-0.1, -0.05) is 0 Å². The van der Waals surface area contributed by atoms with E-state index in [2.05, 4.69) is 0 Å². The molecule has 0 aliphatic rings. The van der Waals surface area contributed by atoms with Crippen LogP contribution in [0.3, 0.4) is 0 Å². The quantitative estimate of drug-likeness (QED) is 0.356. The Bertz CT molecular complexity index is 314. The van der Waals surface area contributed by atoms with E-state index in [0.717, 1.165) is 0 Å². The van der Waals surface area contributed by atoms with Crippen LogP contribution in [0, 0.1) is 13.7 Å². The number of hydrogen-bond acceptors (Lipinski definition) is 4. The molecular formula is C6H5INO4-. The van der Waals surface area contributed by atoms with E-state index in [1.807, 2.05) is 0 Å². The van der Waals surface area contributed by atoms with Gasteiger partial charge in [-0.25, -0.2) is 0 Å². The van der Waals surface area contributed by atoms with Crippen molar-refractivity contribution in [2.24, 2.45) is 0 Å². The van der Waals surface area contributed by atoms with Gasteiger partial charge in [0, 0.05) is 0 Å². The van der Waals surface area contributed by atoms with Crippen molar-refractivity contribution in [2.45, 2.75) is 0 Å². The van der Waals surface area contributed by atoms with Crippen LogP contribution >= 0.6 is 0 Å². The minimum absolute atomic E-state index is 0.267. The summed E-state index contributed by atoms with van der Waals surface area (Å²) in [7, 11) is 0. The molecule has 1 aromatic rings. The van der Waals surface area contributed by atoms with E-state index in [-0.39, 0.29) is 9.26 Å². The number of para-hydroxylation sites is 1. The summed E-state index contributed by atoms with van der Waals surface area (Å²) in [5.74, 6) is -0.419. The molecule has 0 heterocycles. The third-order valence-corrected chi connectivity index (χ3v) is 2.64. The maximum atomic E-state index is 10.3. The molecule has 66 valence electrons. The van der Waals surface area contributed by atoms with Crippen LogP contribution in [0.5, 0.6) is 5.75 Å². The predicted octanol–water partition coefficient (Wildman–Crippen LogP) is -2.53. The zero-order chi connectivity index (χ0) is 9.14. The number of nitro benzene ring substituents is 1. The van der Waals surface area contributed by atoms with E-state index >= 15 is 0 Å². The fraction of sp³-hybridized carbons (Fsp3) is 0. The average molecular weight is 282 g/mol. The molecule has 1 aromatic carbocycles. The fourth-order valence-corrected chi connectivity index (χ4v) is 1.59. The Labute approximate surface area is 78.6 Å². The molecule has 0 spiro atoms. The van der Waals surface area contributed by atoms with Gasteiger partial charge in [0.25, 0.3) is 0 Å². The number of phenolic OH excluding ortho intramolecular Hbond substituents is 1. The molecule has 1 rings (SSSR count). The minimum atomic E-state index is -1.31. The molecule has 2 N–H and O–H groups in total. The molecule has 0 saturated heterocycles. The standard InChI is InChI=1S/C6H5INO4/c9-6-4(7-10)2-1-3-5(6)8(11)12/h1-3,9-10H/q-1. The SMILES string of the molecule is O=[N+]([O-])c1cccc([I-]O)c1O. The first-order valence-corrected chi connectivity index (χ1v) is 4.96. The molecule has 0 saturated carbocycles. The molecule has 12 heavy (non-hydrogen) atoms. The van der Waals surface area contributed by atoms with Crippen molar-refractivity contribution < 1.29 is 35.1 Å². The predicted molar refractivity (Wildman–Crippen MR) is 35.7 cm³/mol. The number of nitro groups is 1. The second-order valence-corrected chi connectivity index (χ2v) is 3.59. The zero-order valence-electron chi connectivity index (χ0n) is 5.77. The third kappa shape index (κ3) is 1.64. The van der Waals surface area contributed by atoms with Gasteiger partial charge < -0.3 is 0 Å². The maximum absolute atomic E-state index is 10.3. The van der Waals surface area contributed by atoms with Crippen molar-refractivity contribution >= 4 is 5.69 Å². The average Bonchev–Trinajstić information content (AvgIpc) is 2.04. The van der Waals surface area contributed by atoms with E-state index in [1.54, 1.807) is 0 Å². The van der Waals surface area contributed by atoms with Crippen LogP contribution in [-0.4, -0.2) is 13.5 Å². The van der Waals surface area contributed by atoms with E-state index in [4.69, 9.17) is 3.44 Å². The van der Waals surface area contributed by atoms with Crippen LogP contribution in [0.2, 0.25) is 0 Å². The Kier molecular flexibility index (Phi) is 2.82. The van der Waals surface area contributed by atoms with Gasteiger partial charge in [0.1, 0.15) is 0 Å². The molecule has 0 aliphatic carbocycles. The molecular weight excluding hydrogens is 277 g/mol. The van der Waals surface area contributed by atoms with Crippen molar-refractivity contribution in [2.75, 3.05) is 0 Å². The first-order valence-electron chi connectivity index (χ1n) is 2.91. The van der Waals surface area contributed by atoms with Crippen molar-refractivity contribution in [3.05, 3.63) is 31.9 Å². The van der Waals surface area contributed by atoms with Crippen molar-refractivity contribution in [3.63, 3.8) is 0 Å². The van der Waals surface area contributed by atoms with E-state index in [0.29, 0.717) is 0 Å². The summed E-state index contributed by atoms with van der Waals surface area (Å²) in [6.07, 6.45) is 0. The van der Waals surface area contributed by atoms with E-state index in [1.165, 1.54) is 18.2 Å². The first-order chi connectivity index (χ1) is 5.66. The number of hydrogen-bond donors (Lipinski definition) is 2. The Hall–Kier alpha value is -0.890. The summed E-state index contributed by atoms with van der Waals surface area (Å²) in [6, 6.07) is 4.09. The molecule has 0 unspecified atom stereocenters. The molecule has 0 radical (unpaired) electrons. The van der Waals surface area contributed by atoms with Crippen LogP contribution in [0.4, 0.5) is 5.69 Å². The first kappa shape index (κ1) is 9.20. The molecule has 0 aliphatic heterocycles. The number of aromatic hydroxyl groups is 1.